The van der Waals surface area contributed by atoms with Crippen LogP contribution in [0.4, 0.5) is 18.9 Å². The second-order valence-corrected chi connectivity index (χ2v) is 4.82. The Bertz CT molecular complexity index is 503. The monoisotopic (exact) mass is 302 g/mol. The smallest absolute Gasteiger partial charge is 0.411 e. The highest BCUT2D eigenvalue weighted by molar-refractivity contribution is 6.06. The molecule has 1 aromatic carbocycles. The summed E-state index contributed by atoms with van der Waals surface area (Å²) in [6, 6.07) is 7.53. The third-order valence-corrected chi connectivity index (χ3v) is 3.28. The van der Waals surface area contributed by atoms with Gasteiger partial charge in [0.1, 0.15) is 6.61 Å². The second-order valence-electron chi connectivity index (χ2n) is 4.82. The first kappa shape index (κ1) is 15.6. The molecular weight excluding hydrogens is 285 g/mol. The van der Waals surface area contributed by atoms with Crippen molar-refractivity contribution >= 4 is 11.4 Å². The average molecular weight is 302 g/mol. The maximum absolute atomic E-state index is 11.9. The van der Waals surface area contributed by atoms with Gasteiger partial charge in [0.05, 0.1) is 5.71 Å². The fraction of sp³-hybridized carbons (Fsp3) is 0.500. The molecule has 1 N–H and O–H groups in total. The van der Waals surface area contributed by atoms with Gasteiger partial charge in [0.25, 0.3) is 0 Å². The molecule has 116 valence electrons. The molecule has 0 bridgehead atoms. The summed E-state index contributed by atoms with van der Waals surface area (Å²) in [5.74, 6) is 0. The molecule has 0 spiro atoms. The molecule has 0 atom stereocenters. The molecule has 0 fully saturated rings. The molecule has 0 aliphatic carbocycles. The minimum Gasteiger partial charge on any atom is -0.411 e. The predicted molar refractivity (Wildman–Crippen MR) is 73.1 cm³/mol. The molecule has 1 aliphatic rings. The summed E-state index contributed by atoms with van der Waals surface area (Å²) < 4.78 is 40.4. The van der Waals surface area contributed by atoms with Gasteiger partial charge in [-0.1, -0.05) is 23.4 Å². The molecule has 2 rings (SSSR count). The van der Waals surface area contributed by atoms with E-state index in [1.165, 1.54) is 0 Å². The lowest BCUT2D eigenvalue weighted by atomic mass is 9.99. The van der Waals surface area contributed by atoms with E-state index < -0.39 is 12.8 Å². The van der Waals surface area contributed by atoms with E-state index in [4.69, 9.17) is 5.21 Å². The highest BCUT2D eigenvalue weighted by atomic mass is 19.4. The van der Waals surface area contributed by atoms with E-state index in [0.717, 1.165) is 11.3 Å². The minimum absolute atomic E-state index is 0.0686. The Labute approximate surface area is 120 Å². The second kappa shape index (κ2) is 6.80. The number of para-hydroxylation sites is 1. The summed E-state index contributed by atoms with van der Waals surface area (Å²) in [4.78, 5) is 2.07. The van der Waals surface area contributed by atoms with Crippen LogP contribution >= 0.6 is 0 Å². The largest absolute Gasteiger partial charge is 0.411 e. The molecule has 0 aromatic heterocycles. The molecule has 0 amide bonds. The Hall–Kier alpha value is -1.76. The first-order valence-electron chi connectivity index (χ1n) is 6.71. The molecule has 1 aliphatic heterocycles. The Morgan fingerprint density at radius 1 is 1.29 bits per heavy atom. The number of fused-ring (bicyclic) bond motifs is 1. The summed E-state index contributed by atoms with van der Waals surface area (Å²) in [7, 11) is 0. The summed E-state index contributed by atoms with van der Waals surface area (Å²) in [5, 5.41) is 12.3. The predicted octanol–water partition coefficient (Wildman–Crippen LogP) is 3.04. The normalized spacial score (nSPS) is 17.1. The zero-order valence-electron chi connectivity index (χ0n) is 11.4. The van der Waals surface area contributed by atoms with E-state index in [1.54, 1.807) is 0 Å². The molecule has 0 unspecified atom stereocenters. The molecule has 1 heterocycles. The Kier molecular flexibility index (Phi) is 5.06. The Morgan fingerprint density at radius 3 is 2.76 bits per heavy atom. The van der Waals surface area contributed by atoms with Gasteiger partial charge in [-0.15, -0.1) is 0 Å². The van der Waals surface area contributed by atoms with Crippen molar-refractivity contribution in [1.82, 2.24) is 0 Å². The molecule has 0 radical (unpaired) electrons. The van der Waals surface area contributed by atoms with Crippen molar-refractivity contribution in [1.29, 1.82) is 0 Å². The van der Waals surface area contributed by atoms with Crippen molar-refractivity contribution in [3.05, 3.63) is 29.8 Å². The van der Waals surface area contributed by atoms with E-state index in [0.29, 0.717) is 31.6 Å². The lowest BCUT2D eigenvalue weighted by Crippen LogP contribution is -2.33. The third kappa shape index (κ3) is 4.35. The molecule has 0 saturated heterocycles. The number of nitrogens with zero attached hydrogens (tertiary/aromatic N) is 2. The number of ether oxygens (including phenoxy) is 1. The first-order valence-corrected chi connectivity index (χ1v) is 6.71. The molecule has 7 heteroatoms. The number of halogens is 3. The van der Waals surface area contributed by atoms with E-state index in [9.17, 15) is 13.2 Å². The third-order valence-electron chi connectivity index (χ3n) is 3.28. The number of hydrogen-bond donors (Lipinski definition) is 1. The van der Waals surface area contributed by atoms with Crippen LogP contribution < -0.4 is 4.90 Å². The van der Waals surface area contributed by atoms with Crippen molar-refractivity contribution in [3.63, 3.8) is 0 Å². The number of anilines is 1. The van der Waals surface area contributed by atoms with Gasteiger partial charge >= 0.3 is 6.18 Å². The van der Waals surface area contributed by atoms with Crippen molar-refractivity contribution in [2.24, 2.45) is 5.16 Å². The van der Waals surface area contributed by atoms with Crippen molar-refractivity contribution in [3.8, 4) is 0 Å². The van der Waals surface area contributed by atoms with Crippen LogP contribution in [0, 0.1) is 0 Å². The molecule has 4 nitrogen and oxygen atoms in total. The van der Waals surface area contributed by atoms with Crippen LogP contribution in [0.1, 0.15) is 18.4 Å². The number of benzene rings is 1. The summed E-state index contributed by atoms with van der Waals surface area (Å²) >= 11 is 0. The number of rotatable bonds is 5. The van der Waals surface area contributed by atoms with Crippen LogP contribution in [0.3, 0.4) is 0 Å². The van der Waals surface area contributed by atoms with Gasteiger partial charge in [0.2, 0.25) is 0 Å². The maximum Gasteiger partial charge on any atom is 0.411 e. The summed E-state index contributed by atoms with van der Waals surface area (Å²) in [5.41, 5.74) is 2.44. The molecule has 21 heavy (non-hydrogen) atoms. The zero-order chi connectivity index (χ0) is 15.3. The van der Waals surface area contributed by atoms with Gasteiger partial charge in [-0.05, 0) is 12.5 Å². The topological polar surface area (TPSA) is 45.1 Å². The molecular formula is C14H17F3N2O2. The van der Waals surface area contributed by atoms with Crippen LogP contribution in [0.5, 0.6) is 0 Å². The molecule has 1 aromatic rings. The van der Waals surface area contributed by atoms with E-state index >= 15 is 0 Å². The van der Waals surface area contributed by atoms with E-state index in [2.05, 4.69) is 14.8 Å². The van der Waals surface area contributed by atoms with Crippen LogP contribution in [0.25, 0.3) is 0 Å². The van der Waals surface area contributed by atoms with Crippen LogP contribution in [0.15, 0.2) is 29.4 Å². The fourth-order valence-corrected chi connectivity index (χ4v) is 2.37. The molecule has 0 saturated carbocycles. The quantitative estimate of drug-likeness (QED) is 0.516. The van der Waals surface area contributed by atoms with Crippen LogP contribution in [-0.2, 0) is 4.74 Å². The standard InChI is InChI=1S/C14H17F3N2O2/c15-14(16,17)10-21-9-3-7-19-8-6-12(18-20)11-4-1-2-5-13(11)19/h1-2,4-5,20H,3,6-10H2. The van der Waals surface area contributed by atoms with E-state index in [-0.39, 0.29) is 6.61 Å². The number of hydrogen-bond acceptors (Lipinski definition) is 4. The fourth-order valence-electron chi connectivity index (χ4n) is 2.37. The van der Waals surface area contributed by atoms with Gasteiger partial charge in [-0.2, -0.15) is 13.2 Å². The SMILES string of the molecule is ON=C1CCN(CCCOCC(F)(F)F)c2ccccc21. The average Bonchev–Trinajstić information content (AvgIpc) is 2.45. The zero-order valence-corrected chi connectivity index (χ0v) is 11.4. The number of alkyl halides is 3. The van der Waals surface area contributed by atoms with Crippen LogP contribution in [0.2, 0.25) is 0 Å². The van der Waals surface area contributed by atoms with Crippen LogP contribution in [-0.4, -0.2) is 43.4 Å². The lowest BCUT2D eigenvalue weighted by Gasteiger charge is -2.31. The van der Waals surface area contributed by atoms with Gasteiger partial charge in [-0.3, -0.25) is 0 Å². The first-order chi connectivity index (χ1) is 10.0. The highest BCUT2D eigenvalue weighted by Gasteiger charge is 2.27. The van der Waals surface area contributed by atoms with Gasteiger partial charge in [-0.25, -0.2) is 0 Å². The highest BCUT2D eigenvalue weighted by Crippen LogP contribution is 2.27. The van der Waals surface area contributed by atoms with Crippen molar-refractivity contribution in [2.75, 3.05) is 31.2 Å². The summed E-state index contributed by atoms with van der Waals surface area (Å²) in [6.07, 6.45) is -3.16. The summed E-state index contributed by atoms with van der Waals surface area (Å²) in [6.45, 7) is 0.146. The van der Waals surface area contributed by atoms with Gasteiger partial charge < -0.3 is 14.8 Å². The Balaban J connectivity index is 1.88. The van der Waals surface area contributed by atoms with Gasteiger partial charge in [0, 0.05) is 37.4 Å². The van der Waals surface area contributed by atoms with Crippen molar-refractivity contribution in [2.45, 2.75) is 19.0 Å². The Morgan fingerprint density at radius 2 is 2.05 bits per heavy atom. The van der Waals surface area contributed by atoms with Gasteiger partial charge in [0.15, 0.2) is 0 Å². The minimum atomic E-state index is -4.27. The van der Waals surface area contributed by atoms with Crippen molar-refractivity contribution < 1.29 is 23.1 Å². The number of oxime groups is 1. The van der Waals surface area contributed by atoms with E-state index in [1.807, 2.05) is 24.3 Å². The maximum atomic E-state index is 11.9. The lowest BCUT2D eigenvalue weighted by molar-refractivity contribution is -0.173.